The number of thiophene rings is 1. The first-order chi connectivity index (χ1) is 7.81. The lowest BCUT2D eigenvalue weighted by atomic mass is 10.1. The zero-order valence-corrected chi connectivity index (χ0v) is 10.8. The molecule has 0 aliphatic heterocycles. The molecule has 1 amide bonds. The highest BCUT2D eigenvalue weighted by Gasteiger charge is 2.27. The summed E-state index contributed by atoms with van der Waals surface area (Å²) in [6, 6.07) is 3.87. The van der Waals surface area contributed by atoms with Gasteiger partial charge in [0, 0.05) is 15.8 Å². The summed E-state index contributed by atoms with van der Waals surface area (Å²) >= 11 is 1.57. The van der Waals surface area contributed by atoms with Gasteiger partial charge in [0.2, 0.25) is 5.91 Å². The van der Waals surface area contributed by atoms with Crippen molar-refractivity contribution in [3.63, 3.8) is 0 Å². The highest BCUT2D eigenvalue weighted by molar-refractivity contribution is 7.12. The Hall–Kier alpha value is -1.62. The number of hydrogen-bond acceptors (Lipinski definition) is 3. The van der Waals surface area contributed by atoms with Gasteiger partial charge in [-0.2, -0.15) is 0 Å². The number of aryl methyl sites for hydroxylation is 1. The lowest BCUT2D eigenvalue weighted by molar-refractivity contribution is -0.145. The SMILES string of the molecule is Cc1ccc(C=CC(=O)NC(C)(C)C(=O)O)s1. The van der Waals surface area contributed by atoms with Crippen molar-refractivity contribution in [2.24, 2.45) is 0 Å². The Kier molecular flexibility index (Phi) is 4.07. The Morgan fingerprint density at radius 1 is 1.41 bits per heavy atom. The molecule has 0 aromatic carbocycles. The van der Waals surface area contributed by atoms with Gasteiger partial charge in [0.25, 0.3) is 0 Å². The monoisotopic (exact) mass is 253 g/mol. The van der Waals surface area contributed by atoms with Crippen molar-refractivity contribution in [1.82, 2.24) is 5.32 Å². The first kappa shape index (κ1) is 13.4. The molecule has 17 heavy (non-hydrogen) atoms. The molecule has 2 N–H and O–H groups in total. The Balaban J connectivity index is 2.61. The second-order valence-electron chi connectivity index (χ2n) is 4.20. The molecular formula is C12H15NO3S. The van der Waals surface area contributed by atoms with E-state index in [0.717, 1.165) is 9.75 Å². The van der Waals surface area contributed by atoms with Crippen LogP contribution in [0.5, 0.6) is 0 Å². The van der Waals surface area contributed by atoms with Crippen molar-refractivity contribution < 1.29 is 14.7 Å². The molecule has 1 aromatic rings. The third-order valence-corrected chi connectivity index (χ3v) is 3.10. The molecule has 0 atom stereocenters. The maximum absolute atomic E-state index is 11.5. The molecule has 0 saturated carbocycles. The molecule has 0 spiro atoms. The zero-order valence-electron chi connectivity index (χ0n) is 9.98. The van der Waals surface area contributed by atoms with Crippen LogP contribution < -0.4 is 5.32 Å². The zero-order chi connectivity index (χ0) is 13.1. The van der Waals surface area contributed by atoms with Gasteiger partial charge in [-0.15, -0.1) is 11.3 Å². The summed E-state index contributed by atoms with van der Waals surface area (Å²) in [5, 5.41) is 11.3. The van der Waals surface area contributed by atoms with Crippen molar-refractivity contribution in [3.8, 4) is 0 Å². The third-order valence-electron chi connectivity index (χ3n) is 2.13. The molecule has 4 nitrogen and oxygen atoms in total. The summed E-state index contributed by atoms with van der Waals surface area (Å²) in [6.45, 7) is 4.86. The average Bonchev–Trinajstić information content (AvgIpc) is 2.60. The van der Waals surface area contributed by atoms with Crippen LogP contribution in [0.2, 0.25) is 0 Å². The van der Waals surface area contributed by atoms with Gasteiger partial charge in [-0.25, -0.2) is 4.79 Å². The Morgan fingerprint density at radius 3 is 2.53 bits per heavy atom. The van der Waals surface area contributed by atoms with Crippen LogP contribution in [0.25, 0.3) is 6.08 Å². The van der Waals surface area contributed by atoms with Crippen molar-refractivity contribution in [2.45, 2.75) is 26.3 Å². The number of amides is 1. The number of nitrogens with one attached hydrogen (secondary N) is 1. The van der Waals surface area contributed by atoms with E-state index >= 15 is 0 Å². The van der Waals surface area contributed by atoms with E-state index < -0.39 is 17.4 Å². The van der Waals surface area contributed by atoms with Crippen molar-refractivity contribution in [3.05, 3.63) is 28.0 Å². The van der Waals surface area contributed by atoms with E-state index in [4.69, 9.17) is 5.11 Å². The molecule has 92 valence electrons. The fourth-order valence-electron chi connectivity index (χ4n) is 1.10. The quantitative estimate of drug-likeness (QED) is 0.807. The number of carbonyl (C=O) groups excluding carboxylic acids is 1. The van der Waals surface area contributed by atoms with Gasteiger partial charge in [0.1, 0.15) is 5.54 Å². The van der Waals surface area contributed by atoms with Crippen LogP contribution >= 0.6 is 11.3 Å². The van der Waals surface area contributed by atoms with Crippen molar-refractivity contribution >= 4 is 29.3 Å². The second-order valence-corrected chi connectivity index (χ2v) is 5.52. The summed E-state index contributed by atoms with van der Waals surface area (Å²) in [5.74, 6) is -1.48. The van der Waals surface area contributed by atoms with Gasteiger partial charge < -0.3 is 10.4 Å². The van der Waals surface area contributed by atoms with Gasteiger partial charge in [0.15, 0.2) is 0 Å². The predicted molar refractivity (Wildman–Crippen MR) is 67.9 cm³/mol. The van der Waals surface area contributed by atoms with E-state index in [0.29, 0.717) is 0 Å². The van der Waals surface area contributed by atoms with Crippen LogP contribution in [0.15, 0.2) is 18.2 Å². The molecule has 0 fully saturated rings. The van der Waals surface area contributed by atoms with E-state index in [-0.39, 0.29) is 0 Å². The Labute approximate surface area is 104 Å². The summed E-state index contributed by atoms with van der Waals surface area (Å²) in [7, 11) is 0. The normalized spacial score (nSPS) is 11.7. The Bertz CT molecular complexity index is 460. The molecular weight excluding hydrogens is 238 g/mol. The Morgan fingerprint density at radius 2 is 2.06 bits per heavy atom. The topological polar surface area (TPSA) is 66.4 Å². The van der Waals surface area contributed by atoms with Crippen LogP contribution in [-0.2, 0) is 9.59 Å². The molecule has 0 unspecified atom stereocenters. The molecule has 0 aliphatic rings. The summed E-state index contributed by atoms with van der Waals surface area (Å²) in [6.07, 6.45) is 3.01. The van der Waals surface area contributed by atoms with Crippen molar-refractivity contribution in [2.75, 3.05) is 0 Å². The minimum absolute atomic E-state index is 0.413. The number of hydrogen-bond donors (Lipinski definition) is 2. The predicted octanol–water partition coefficient (Wildman–Crippen LogP) is 2.05. The first-order valence-corrected chi connectivity index (χ1v) is 5.93. The van der Waals surface area contributed by atoms with Gasteiger partial charge >= 0.3 is 5.97 Å². The molecule has 0 saturated heterocycles. The maximum atomic E-state index is 11.5. The minimum atomic E-state index is -1.26. The molecule has 0 bridgehead atoms. The van der Waals surface area contributed by atoms with E-state index in [2.05, 4.69) is 5.32 Å². The lowest BCUT2D eigenvalue weighted by Crippen LogP contribution is -2.49. The fourth-order valence-corrected chi connectivity index (χ4v) is 1.88. The number of rotatable bonds is 4. The van der Waals surface area contributed by atoms with E-state index in [1.54, 1.807) is 17.4 Å². The molecule has 1 aromatic heterocycles. The fraction of sp³-hybridized carbons (Fsp3) is 0.333. The number of aliphatic carboxylic acids is 1. The van der Waals surface area contributed by atoms with Crippen molar-refractivity contribution in [1.29, 1.82) is 0 Å². The number of carboxylic acid groups (broad SMARTS) is 1. The summed E-state index contributed by atoms with van der Waals surface area (Å²) in [5.41, 5.74) is -1.26. The molecule has 5 heteroatoms. The highest BCUT2D eigenvalue weighted by atomic mass is 32.1. The minimum Gasteiger partial charge on any atom is -0.480 e. The molecule has 0 aliphatic carbocycles. The third kappa shape index (κ3) is 4.03. The standard InChI is InChI=1S/C12H15NO3S/c1-8-4-5-9(17-8)6-7-10(14)13-12(2,3)11(15)16/h4-7H,1-3H3,(H,13,14)(H,15,16). The van der Waals surface area contributed by atoms with Crippen LogP contribution in [-0.4, -0.2) is 22.5 Å². The van der Waals surface area contributed by atoms with Crippen LogP contribution in [0.3, 0.4) is 0 Å². The van der Waals surface area contributed by atoms with Gasteiger partial charge in [-0.05, 0) is 39.0 Å². The molecule has 1 heterocycles. The number of carboxylic acids is 1. The van der Waals surface area contributed by atoms with Crippen LogP contribution in [0, 0.1) is 6.92 Å². The lowest BCUT2D eigenvalue weighted by Gasteiger charge is -2.19. The molecule has 1 rings (SSSR count). The van der Waals surface area contributed by atoms with Crippen LogP contribution in [0.1, 0.15) is 23.6 Å². The molecule has 0 radical (unpaired) electrons. The van der Waals surface area contributed by atoms with Gasteiger partial charge in [-0.1, -0.05) is 0 Å². The first-order valence-electron chi connectivity index (χ1n) is 5.11. The average molecular weight is 253 g/mol. The highest BCUT2D eigenvalue weighted by Crippen LogP contribution is 2.16. The number of carbonyl (C=O) groups is 2. The largest absolute Gasteiger partial charge is 0.480 e. The van der Waals surface area contributed by atoms with Gasteiger partial charge in [-0.3, -0.25) is 4.79 Å². The summed E-state index contributed by atoms with van der Waals surface area (Å²) < 4.78 is 0. The smallest absolute Gasteiger partial charge is 0.328 e. The van der Waals surface area contributed by atoms with Gasteiger partial charge in [0.05, 0.1) is 0 Å². The van der Waals surface area contributed by atoms with E-state index in [1.807, 2.05) is 19.1 Å². The van der Waals surface area contributed by atoms with Crippen LogP contribution in [0.4, 0.5) is 0 Å². The summed E-state index contributed by atoms with van der Waals surface area (Å²) in [4.78, 5) is 24.4. The van der Waals surface area contributed by atoms with E-state index in [9.17, 15) is 9.59 Å². The maximum Gasteiger partial charge on any atom is 0.328 e. The second kappa shape index (κ2) is 5.14. The van der Waals surface area contributed by atoms with E-state index in [1.165, 1.54) is 19.9 Å².